The van der Waals surface area contributed by atoms with Crippen LogP contribution >= 0.6 is 7.82 Å². The highest BCUT2D eigenvalue weighted by Crippen LogP contribution is 2.43. The summed E-state index contributed by atoms with van der Waals surface area (Å²) in [5.74, 6) is -0.808. The Morgan fingerprint density at radius 2 is 0.614 bits per heavy atom. The lowest BCUT2D eigenvalue weighted by Crippen LogP contribution is -2.29. The number of unbranched alkanes of at least 4 members (excludes halogenated alkanes) is 47. The molecule has 0 aromatic heterocycles. The predicted octanol–water partition coefficient (Wildman–Crippen LogP) is 19.5. The number of carbonyl (C=O) groups excluding carboxylic acids is 2. The van der Waals surface area contributed by atoms with Crippen LogP contribution < -0.4 is 5.73 Å². The van der Waals surface area contributed by atoms with Gasteiger partial charge in [0.2, 0.25) is 0 Å². The summed E-state index contributed by atoms with van der Waals surface area (Å²) in [5.41, 5.74) is 5.37. The van der Waals surface area contributed by atoms with Crippen molar-refractivity contribution in [2.45, 2.75) is 347 Å². The fourth-order valence-corrected chi connectivity index (χ4v) is 10.4. The Kier molecular flexibility index (Phi) is 56.5. The van der Waals surface area contributed by atoms with Gasteiger partial charge in [-0.2, -0.15) is 0 Å². The lowest BCUT2D eigenvalue weighted by molar-refractivity contribution is -0.161. The zero-order valence-electron chi connectivity index (χ0n) is 46.8. The van der Waals surface area contributed by atoms with E-state index in [4.69, 9.17) is 24.3 Å². The van der Waals surface area contributed by atoms with Gasteiger partial charge >= 0.3 is 19.8 Å². The van der Waals surface area contributed by atoms with Crippen LogP contribution in [0, 0.1) is 0 Å². The van der Waals surface area contributed by atoms with Gasteiger partial charge < -0.3 is 20.1 Å². The normalized spacial score (nSPS) is 12.9. The summed E-state index contributed by atoms with van der Waals surface area (Å²) in [5, 5.41) is 0. The van der Waals surface area contributed by atoms with Gasteiger partial charge in [-0.15, -0.1) is 0 Å². The summed E-state index contributed by atoms with van der Waals surface area (Å²) in [6, 6.07) is 0. The number of hydrogen-bond acceptors (Lipinski definition) is 8. The molecule has 9 nitrogen and oxygen atoms in total. The molecule has 70 heavy (non-hydrogen) atoms. The number of carbonyl (C=O) groups is 2. The van der Waals surface area contributed by atoms with Gasteiger partial charge in [0.05, 0.1) is 13.2 Å². The second kappa shape index (κ2) is 57.3. The Hall–Kier alpha value is -0.990. The molecule has 2 unspecified atom stereocenters. The van der Waals surface area contributed by atoms with Crippen LogP contribution in [-0.4, -0.2) is 49.3 Å². The number of hydrogen-bond donors (Lipinski definition) is 2. The number of phosphoric acid groups is 1. The largest absolute Gasteiger partial charge is 0.472 e. The van der Waals surface area contributed by atoms with Crippen molar-refractivity contribution < 1.29 is 37.6 Å². The molecular weight excluding hydrogens is 894 g/mol. The van der Waals surface area contributed by atoms with Crippen molar-refractivity contribution in [1.82, 2.24) is 0 Å². The van der Waals surface area contributed by atoms with Crippen molar-refractivity contribution in [3.05, 3.63) is 0 Å². The number of ether oxygens (including phenoxy) is 2. The van der Waals surface area contributed by atoms with E-state index in [1.54, 1.807) is 0 Å². The molecule has 0 fully saturated rings. The van der Waals surface area contributed by atoms with Crippen LogP contribution in [0.25, 0.3) is 0 Å². The van der Waals surface area contributed by atoms with E-state index in [0.29, 0.717) is 6.42 Å². The summed E-state index contributed by atoms with van der Waals surface area (Å²) in [6.45, 7) is 3.79. The molecule has 0 radical (unpaired) electrons. The maximum atomic E-state index is 12.7. The topological polar surface area (TPSA) is 134 Å². The van der Waals surface area contributed by atoms with Gasteiger partial charge in [0, 0.05) is 19.4 Å². The maximum Gasteiger partial charge on any atom is 0.472 e. The van der Waals surface area contributed by atoms with E-state index in [9.17, 15) is 19.0 Å². The van der Waals surface area contributed by atoms with E-state index in [0.717, 1.165) is 32.1 Å². The van der Waals surface area contributed by atoms with E-state index in [1.165, 1.54) is 276 Å². The molecule has 3 N–H and O–H groups in total. The molecule has 10 heteroatoms. The van der Waals surface area contributed by atoms with Crippen molar-refractivity contribution in [3.8, 4) is 0 Å². The van der Waals surface area contributed by atoms with Gasteiger partial charge in [0.25, 0.3) is 0 Å². The smallest absolute Gasteiger partial charge is 0.462 e. The quantitative estimate of drug-likeness (QED) is 0.0347. The van der Waals surface area contributed by atoms with Gasteiger partial charge in [-0.05, 0) is 12.8 Å². The first-order valence-corrected chi connectivity index (χ1v) is 32.5. The van der Waals surface area contributed by atoms with E-state index in [1.807, 2.05) is 0 Å². The van der Waals surface area contributed by atoms with Gasteiger partial charge in [-0.25, -0.2) is 4.57 Å². The van der Waals surface area contributed by atoms with Crippen LogP contribution in [0.5, 0.6) is 0 Å². The molecule has 0 heterocycles. The van der Waals surface area contributed by atoms with Crippen molar-refractivity contribution in [1.29, 1.82) is 0 Å². The monoisotopic (exact) mass is 1010 g/mol. The molecule has 0 amide bonds. The van der Waals surface area contributed by atoms with Crippen LogP contribution in [0.1, 0.15) is 341 Å². The molecular formula is C60H120NO8P. The SMILES string of the molecule is CCCCCCCCCCCCCCCCCCCCCCCCCCCCCCCCCCCCCCCCC(=O)OC(COC(=O)CCCCCCCCCCCCC)COP(=O)(O)OCCN. The highest BCUT2D eigenvalue weighted by Gasteiger charge is 2.26. The summed E-state index contributed by atoms with van der Waals surface area (Å²) in [7, 11) is -4.37. The van der Waals surface area contributed by atoms with E-state index in [2.05, 4.69) is 13.8 Å². The average molecular weight is 1010 g/mol. The van der Waals surface area contributed by atoms with Crippen LogP contribution in [0.2, 0.25) is 0 Å². The molecule has 0 aliphatic heterocycles. The Labute approximate surface area is 435 Å². The highest BCUT2D eigenvalue weighted by molar-refractivity contribution is 7.47. The molecule has 0 aliphatic carbocycles. The summed E-state index contributed by atoms with van der Waals surface area (Å²) < 4.78 is 32.9. The van der Waals surface area contributed by atoms with E-state index < -0.39 is 26.5 Å². The Morgan fingerprint density at radius 1 is 0.371 bits per heavy atom. The van der Waals surface area contributed by atoms with Gasteiger partial charge in [0.1, 0.15) is 6.61 Å². The molecule has 0 aromatic carbocycles. The third-order valence-corrected chi connectivity index (χ3v) is 15.2. The van der Waals surface area contributed by atoms with Crippen LogP contribution in [0.4, 0.5) is 0 Å². The van der Waals surface area contributed by atoms with Crippen LogP contribution in [-0.2, 0) is 32.7 Å². The molecule has 0 aromatic rings. The Bertz CT molecular complexity index is 1110. The summed E-state index contributed by atoms with van der Waals surface area (Å²) in [4.78, 5) is 35.0. The minimum absolute atomic E-state index is 0.0583. The first-order chi connectivity index (χ1) is 34.3. The minimum atomic E-state index is -4.37. The summed E-state index contributed by atoms with van der Waals surface area (Å²) in [6.07, 6.45) is 65.0. The lowest BCUT2D eigenvalue weighted by Gasteiger charge is -2.19. The van der Waals surface area contributed by atoms with E-state index >= 15 is 0 Å². The first kappa shape index (κ1) is 69.0. The standard InChI is InChI=1S/C60H120NO8P/c1-3-5-7-9-11-13-15-16-17-18-19-20-21-22-23-24-25-26-27-28-29-30-31-32-33-34-35-36-37-38-39-40-41-43-45-47-49-51-53-60(63)69-58(57-68-70(64,65)67-55-54-61)56-66-59(62)52-50-48-46-44-42-14-12-10-8-6-4-2/h58H,3-57,61H2,1-2H3,(H,64,65). The maximum absolute atomic E-state index is 12.7. The van der Waals surface area contributed by atoms with Crippen LogP contribution in [0.15, 0.2) is 0 Å². The number of rotatable bonds is 60. The fourth-order valence-electron chi connectivity index (χ4n) is 9.64. The van der Waals surface area contributed by atoms with Gasteiger partial charge in [-0.1, -0.05) is 316 Å². The third kappa shape index (κ3) is 56.3. The van der Waals surface area contributed by atoms with Crippen molar-refractivity contribution in [3.63, 3.8) is 0 Å². The second-order valence-corrected chi connectivity index (χ2v) is 22.8. The molecule has 0 saturated heterocycles. The van der Waals surface area contributed by atoms with Crippen LogP contribution in [0.3, 0.4) is 0 Å². The molecule has 0 spiro atoms. The van der Waals surface area contributed by atoms with Crippen molar-refractivity contribution in [2.75, 3.05) is 26.4 Å². The number of phosphoric ester groups is 1. The zero-order valence-corrected chi connectivity index (χ0v) is 47.7. The average Bonchev–Trinajstić information content (AvgIpc) is 3.35. The molecule has 2 atom stereocenters. The number of esters is 2. The molecule has 0 rings (SSSR count). The number of nitrogens with two attached hydrogens (primary N) is 1. The second-order valence-electron chi connectivity index (χ2n) is 21.3. The summed E-state index contributed by atoms with van der Waals surface area (Å²) >= 11 is 0. The fraction of sp³-hybridized carbons (Fsp3) is 0.967. The van der Waals surface area contributed by atoms with Crippen molar-refractivity contribution >= 4 is 19.8 Å². The predicted molar refractivity (Wildman–Crippen MR) is 298 cm³/mol. The Morgan fingerprint density at radius 3 is 0.871 bits per heavy atom. The minimum Gasteiger partial charge on any atom is -0.462 e. The van der Waals surface area contributed by atoms with Crippen molar-refractivity contribution in [2.24, 2.45) is 5.73 Å². The molecule has 418 valence electrons. The van der Waals surface area contributed by atoms with Gasteiger partial charge in [-0.3, -0.25) is 18.6 Å². The third-order valence-electron chi connectivity index (χ3n) is 14.2. The van der Waals surface area contributed by atoms with Gasteiger partial charge in [0.15, 0.2) is 6.10 Å². The van der Waals surface area contributed by atoms with E-state index in [-0.39, 0.29) is 38.6 Å². The molecule has 0 aliphatic rings. The lowest BCUT2D eigenvalue weighted by atomic mass is 10.0. The zero-order chi connectivity index (χ0) is 51.0. The highest BCUT2D eigenvalue weighted by atomic mass is 31.2. The first-order valence-electron chi connectivity index (χ1n) is 31.0. The Balaban J connectivity index is 3.67. The molecule has 0 saturated carbocycles. The molecule has 0 bridgehead atoms.